The number of rotatable bonds is 6. The molecular formula is C23H22N4O4. The summed E-state index contributed by atoms with van der Waals surface area (Å²) in [5, 5.41) is 7.09. The van der Waals surface area contributed by atoms with Crippen LogP contribution in [0.3, 0.4) is 0 Å². The molecule has 0 atom stereocenters. The van der Waals surface area contributed by atoms with Crippen LogP contribution in [0.5, 0.6) is 0 Å². The van der Waals surface area contributed by atoms with Gasteiger partial charge < -0.3 is 15.0 Å². The second-order valence-electron chi connectivity index (χ2n) is 7.07. The Hall–Kier alpha value is -3.94. The van der Waals surface area contributed by atoms with E-state index >= 15 is 0 Å². The van der Waals surface area contributed by atoms with Gasteiger partial charge in [-0.05, 0) is 61.9 Å². The Kier molecular flexibility index (Phi) is 5.79. The van der Waals surface area contributed by atoms with Crippen molar-refractivity contribution in [3.8, 4) is 5.69 Å². The van der Waals surface area contributed by atoms with Gasteiger partial charge in [0.15, 0.2) is 5.69 Å². The zero-order chi connectivity index (χ0) is 21.8. The second-order valence-corrected chi connectivity index (χ2v) is 7.07. The Morgan fingerprint density at radius 3 is 2.61 bits per heavy atom. The summed E-state index contributed by atoms with van der Waals surface area (Å²) in [6, 6.07) is 15.7. The van der Waals surface area contributed by atoms with E-state index in [0.29, 0.717) is 29.9 Å². The maximum Gasteiger partial charge on any atom is 0.358 e. The highest BCUT2D eigenvalue weighted by Gasteiger charge is 2.21. The molecule has 1 aliphatic heterocycles. The molecule has 0 unspecified atom stereocenters. The molecule has 0 spiro atoms. The van der Waals surface area contributed by atoms with Crippen molar-refractivity contribution < 1.29 is 19.1 Å². The topological polar surface area (TPSA) is 93.5 Å². The van der Waals surface area contributed by atoms with Gasteiger partial charge in [0, 0.05) is 36.1 Å². The van der Waals surface area contributed by atoms with Crippen molar-refractivity contribution in [2.24, 2.45) is 0 Å². The van der Waals surface area contributed by atoms with Gasteiger partial charge in [0.25, 0.3) is 5.91 Å². The van der Waals surface area contributed by atoms with Crippen molar-refractivity contribution in [3.63, 3.8) is 0 Å². The van der Waals surface area contributed by atoms with Crippen molar-refractivity contribution in [2.45, 2.75) is 19.8 Å². The number of benzene rings is 2. The minimum atomic E-state index is -0.482. The SMILES string of the molecule is CCOC(=O)c1ccn(-c2cccc(NC(=O)c3ccc(N4CCCC4=O)cc3)c2)n1. The Morgan fingerprint density at radius 1 is 1.10 bits per heavy atom. The van der Waals surface area contributed by atoms with Crippen molar-refractivity contribution in [1.29, 1.82) is 0 Å². The second kappa shape index (κ2) is 8.83. The summed E-state index contributed by atoms with van der Waals surface area (Å²) in [5.74, 6) is -0.632. The molecule has 0 aliphatic carbocycles. The first kappa shape index (κ1) is 20.3. The number of hydrogen-bond donors (Lipinski definition) is 1. The maximum atomic E-state index is 12.6. The van der Waals surface area contributed by atoms with Crippen LogP contribution in [0.4, 0.5) is 11.4 Å². The first-order valence-electron chi connectivity index (χ1n) is 10.1. The zero-order valence-corrected chi connectivity index (χ0v) is 17.1. The molecule has 31 heavy (non-hydrogen) atoms. The first-order chi connectivity index (χ1) is 15.0. The average molecular weight is 418 g/mol. The smallest absolute Gasteiger partial charge is 0.358 e. The summed E-state index contributed by atoms with van der Waals surface area (Å²) in [6.45, 7) is 2.73. The van der Waals surface area contributed by atoms with E-state index in [1.54, 1.807) is 71.2 Å². The molecule has 0 saturated carbocycles. The molecular weight excluding hydrogens is 396 g/mol. The molecule has 1 aromatic heterocycles. The van der Waals surface area contributed by atoms with Crippen molar-refractivity contribution >= 4 is 29.2 Å². The molecule has 2 aromatic carbocycles. The van der Waals surface area contributed by atoms with Crippen molar-refractivity contribution in [1.82, 2.24) is 9.78 Å². The third kappa shape index (κ3) is 4.48. The third-order valence-corrected chi connectivity index (χ3v) is 4.96. The van der Waals surface area contributed by atoms with Gasteiger partial charge in [0.2, 0.25) is 5.91 Å². The predicted octanol–water partition coefficient (Wildman–Crippen LogP) is 3.43. The Morgan fingerprint density at radius 2 is 1.90 bits per heavy atom. The minimum absolute atomic E-state index is 0.110. The van der Waals surface area contributed by atoms with Gasteiger partial charge >= 0.3 is 5.97 Å². The fraction of sp³-hybridized carbons (Fsp3) is 0.217. The van der Waals surface area contributed by atoms with Gasteiger partial charge in [-0.2, -0.15) is 5.10 Å². The number of hydrogen-bond acceptors (Lipinski definition) is 5. The molecule has 4 rings (SSSR count). The molecule has 8 nitrogen and oxygen atoms in total. The van der Waals surface area contributed by atoms with Gasteiger partial charge in [-0.15, -0.1) is 0 Å². The molecule has 0 radical (unpaired) electrons. The standard InChI is InChI=1S/C23H22N4O4/c1-2-31-23(30)20-12-14-27(25-20)19-6-3-5-17(15-19)24-22(29)16-8-10-18(11-9-16)26-13-4-7-21(26)28/h3,5-6,8-12,14-15H,2,4,7,13H2,1H3,(H,24,29). The highest BCUT2D eigenvalue weighted by molar-refractivity contribution is 6.05. The lowest BCUT2D eigenvalue weighted by Crippen LogP contribution is -2.23. The average Bonchev–Trinajstić information content (AvgIpc) is 3.44. The Labute approximate surface area is 179 Å². The van der Waals surface area contributed by atoms with Gasteiger partial charge in [-0.25, -0.2) is 9.48 Å². The summed E-state index contributed by atoms with van der Waals surface area (Å²) in [4.78, 5) is 38.1. The van der Waals surface area contributed by atoms with Crippen molar-refractivity contribution in [3.05, 3.63) is 72.1 Å². The van der Waals surface area contributed by atoms with Crippen LogP contribution in [0.15, 0.2) is 60.8 Å². The monoisotopic (exact) mass is 418 g/mol. The summed E-state index contributed by atoms with van der Waals surface area (Å²) < 4.78 is 6.50. The number of esters is 1. The van der Waals surface area contributed by atoms with Crippen LogP contribution in [-0.4, -0.2) is 40.7 Å². The summed E-state index contributed by atoms with van der Waals surface area (Å²) in [6.07, 6.45) is 3.08. The zero-order valence-electron chi connectivity index (χ0n) is 17.1. The predicted molar refractivity (Wildman–Crippen MR) is 116 cm³/mol. The van der Waals surface area contributed by atoms with E-state index in [9.17, 15) is 14.4 Å². The Bertz CT molecular complexity index is 1120. The summed E-state index contributed by atoms with van der Waals surface area (Å²) in [5.41, 5.74) is 2.79. The molecule has 2 heterocycles. The number of anilines is 2. The lowest BCUT2D eigenvalue weighted by Gasteiger charge is -2.16. The molecule has 1 fully saturated rings. The van der Waals surface area contributed by atoms with Crippen molar-refractivity contribution in [2.75, 3.05) is 23.4 Å². The first-order valence-corrected chi connectivity index (χ1v) is 10.1. The lowest BCUT2D eigenvalue weighted by atomic mass is 10.1. The van der Waals surface area contributed by atoms with Crippen LogP contribution in [0.1, 0.15) is 40.6 Å². The van der Waals surface area contributed by atoms with E-state index in [4.69, 9.17) is 4.74 Å². The highest BCUT2D eigenvalue weighted by Crippen LogP contribution is 2.22. The molecule has 3 aromatic rings. The highest BCUT2D eigenvalue weighted by atomic mass is 16.5. The molecule has 8 heteroatoms. The van der Waals surface area contributed by atoms with E-state index in [-0.39, 0.29) is 24.1 Å². The number of amides is 2. The van der Waals surface area contributed by atoms with E-state index in [0.717, 1.165) is 12.1 Å². The lowest BCUT2D eigenvalue weighted by molar-refractivity contribution is -0.117. The van der Waals surface area contributed by atoms with Crippen LogP contribution in [0.25, 0.3) is 5.69 Å². The van der Waals surface area contributed by atoms with Gasteiger partial charge in [-0.1, -0.05) is 6.07 Å². The normalized spacial score (nSPS) is 13.3. The third-order valence-electron chi connectivity index (χ3n) is 4.96. The van der Waals surface area contributed by atoms with E-state index in [1.165, 1.54) is 0 Å². The van der Waals surface area contributed by atoms with Crippen LogP contribution < -0.4 is 10.2 Å². The number of ether oxygens (including phenoxy) is 1. The molecule has 1 aliphatic rings. The summed E-state index contributed by atoms with van der Waals surface area (Å²) in [7, 11) is 0. The molecule has 2 amide bonds. The minimum Gasteiger partial charge on any atom is -0.461 e. The van der Waals surface area contributed by atoms with Crippen LogP contribution in [0, 0.1) is 0 Å². The number of carbonyl (C=O) groups excluding carboxylic acids is 3. The van der Waals surface area contributed by atoms with E-state index in [2.05, 4.69) is 10.4 Å². The number of nitrogens with zero attached hydrogens (tertiary/aromatic N) is 3. The van der Waals surface area contributed by atoms with E-state index < -0.39 is 5.97 Å². The number of aromatic nitrogens is 2. The molecule has 0 bridgehead atoms. The van der Waals surface area contributed by atoms with Crippen LogP contribution in [-0.2, 0) is 9.53 Å². The Balaban J connectivity index is 1.46. The quantitative estimate of drug-likeness (QED) is 0.619. The summed E-state index contributed by atoms with van der Waals surface area (Å²) >= 11 is 0. The largest absolute Gasteiger partial charge is 0.461 e. The molecule has 158 valence electrons. The van der Waals surface area contributed by atoms with E-state index in [1.807, 2.05) is 6.07 Å². The fourth-order valence-electron chi connectivity index (χ4n) is 3.42. The number of nitrogens with one attached hydrogen (secondary N) is 1. The van der Waals surface area contributed by atoms with Crippen LogP contribution >= 0.6 is 0 Å². The fourth-order valence-corrected chi connectivity index (χ4v) is 3.42. The maximum absolute atomic E-state index is 12.6. The van der Waals surface area contributed by atoms with Gasteiger partial charge in [-0.3, -0.25) is 9.59 Å². The van der Waals surface area contributed by atoms with Crippen LogP contribution in [0.2, 0.25) is 0 Å². The van der Waals surface area contributed by atoms with Gasteiger partial charge in [0.05, 0.1) is 12.3 Å². The molecule has 1 saturated heterocycles. The number of carbonyl (C=O) groups is 3. The molecule has 1 N–H and O–H groups in total. The van der Waals surface area contributed by atoms with Gasteiger partial charge in [0.1, 0.15) is 0 Å².